The molecular formula is C16H24N2O. The number of hydrogen-bond acceptors (Lipinski definition) is 3. The Balaban J connectivity index is 1.50. The molecule has 0 unspecified atom stereocenters. The fraction of sp³-hybridized carbons (Fsp3) is 0.625. The fourth-order valence-corrected chi connectivity index (χ4v) is 3.37. The highest BCUT2D eigenvalue weighted by molar-refractivity contribution is 5.23. The van der Waals surface area contributed by atoms with Gasteiger partial charge in [-0.25, -0.2) is 0 Å². The van der Waals surface area contributed by atoms with Crippen LogP contribution >= 0.6 is 0 Å². The number of benzene rings is 1. The maximum atomic E-state index is 5.57. The van der Waals surface area contributed by atoms with Gasteiger partial charge in [0.1, 0.15) is 0 Å². The third-order valence-corrected chi connectivity index (χ3v) is 4.53. The number of nitrogens with two attached hydrogens (primary N) is 1. The van der Waals surface area contributed by atoms with Gasteiger partial charge in [-0.2, -0.15) is 0 Å². The molecule has 0 amide bonds. The molecular weight excluding hydrogens is 236 g/mol. The van der Waals surface area contributed by atoms with Crippen molar-refractivity contribution in [3.8, 4) is 0 Å². The van der Waals surface area contributed by atoms with Gasteiger partial charge in [0.15, 0.2) is 0 Å². The summed E-state index contributed by atoms with van der Waals surface area (Å²) < 4.78 is 5.46. The first kappa shape index (κ1) is 13.1. The lowest BCUT2D eigenvalue weighted by Crippen LogP contribution is -2.57. The number of likely N-dealkylation sites (tertiary alicyclic amines) is 1. The molecule has 104 valence electrons. The average Bonchev–Trinajstić information content (AvgIpc) is 2.41. The summed E-state index contributed by atoms with van der Waals surface area (Å²) >= 11 is 0. The monoisotopic (exact) mass is 260 g/mol. The molecule has 3 heteroatoms. The normalized spacial score (nSPS) is 22.4. The molecule has 1 spiro atoms. The molecule has 0 saturated carbocycles. The summed E-state index contributed by atoms with van der Waals surface area (Å²) in [5, 5.41) is 0. The van der Waals surface area contributed by atoms with Gasteiger partial charge in [0, 0.05) is 38.3 Å². The molecule has 1 aromatic rings. The first-order chi connectivity index (χ1) is 9.30. The Kier molecular flexibility index (Phi) is 3.87. The van der Waals surface area contributed by atoms with Gasteiger partial charge in [-0.3, -0.25) is 4.90 Å². The smallest absolute Gasteiger partial charge is 0.0472 e. The van der Waals surface area contributed by atoms with E-state index in [4.69, 9.17) is 10.5 Å². The van der Waals surface area contributed by atoms with Crippen LogP contribution in [-0.2, 0) is 17.7 Å². The first-order valence-electron chi connectivity index (χ1n) is 7.38. The van der Waals surface area contributed by atoms with Crippen molar-refractivity contribution in [3.63, 3.8) is 0 Å². The van der Waals surface area contributed by atoms with Crippen LogP contribution in [0.25, 0.3) is 0 Å². The maximum absolute atomic E-state index is 5.57. The molecule has 2 heterocycles. The van der Waals surface area contributed by atoms with E-state index in [1.165, 1.54) is 37.1 Å². The Labute approximate surface area is 115 Å². The van der Waals surface area contributed by atoms with Crippen LogP contribution in [0.15, 0.2) is 24.3 Å². The number of rotatable bonds is 4. The van der Waals surface area contributed by atoms with E-state index in [1.807, 2.05) is 0 Å². The molecule has 3 rings (SSSR count). The number of nitrogens with zero attached hydrogens (tertiary/aromatic N) is 1. The first-order valence-corrected chi connectivity index (χ1v) is 7.38. The van der Waals surface area contributed by atoms with Gasteiger partial charge in [0.25, 0.3) is 0 Å². The van der Waals surface area contributed by atoms with E-state index in [0.717, 1.165) is 32.7 Å². The van der Waals surface area contributed by atoms with Crippen LogP contribution in [0, 0.1) is 5.41 Å². The molecule has 19 heavy (non-hydrogen) atoms. The van der Waals surface area contributed by atoms with Crippen molar-refractivity contribution in [1.82, 2.24) is 4.90 Å². The lowest BCUT2D eigenvalue weighted by molar-refractivity contribution is -0.0839. The molecule has 3 nitrogen and oxygen atoms in total. The van der Waals surface area contributed by atoms with E-state index in [1.54, 1.807) is 0 Å². The Morgan fingerprint density at radius 1 is 1.05 bits per heavy atom. The van der Waals surface area contributed by atoms with E-state index >= 15 is 0 Å². The Morgan fingerprint density at radius 3 is 2.32 bits per heavy atom. The second-order valence-corrected chi connectivity index (χ2v) is 6.11. The predicted octanol–water partition coefficient (Wildman–Crippen LogP) is 1.80. The molecule has 1 aromatic carbocycles. The van der Waals surface area contributed by atoms with E-state index in [2.05, 4.69) is 29.2 Å². The topological polar surface area (TPSA) is 38.5 Å². The van der Waals surface area contributed by atoms with Crippen molar-refractivity contribution in [3.05, 3.63) is 35.4 Å². The molecule has 2 aliphatic heterocycles. The predicted molar refractivity (Wildman–Crippen MR) is 77.0 cm³/mol. The van der Waals surface area contributed by atoms with Gasteiger partial charge in [-0.1, -0.05) is 24.3 Å². The van der Waals surface area contributed by atoms with Crippen LogP contribution in [0.3, 0.4) is 0 Å². The average molecular weight is 260 g/mol. The van der Waals surface area contributed by atoms with Gasteiger partial charge in [-0.05, 0) is 36.9 Å². The van der Waals surface area contributed by atoms with Gasteiger partial charge in [0.05, 0.1) is 0 Å². The summed E-state index contributed by atoms with van der Waals surface area (Å²) in [5.41, 5.74) is 8.91. The quantitative estimate of drug-likeness (QED) is 0.897. The minimum absolute atomic E-state index is 0.581. The number of ether oxygens (including phenoxy) is 1. The summed E-state index contributed by atoms with van der Waals surface area (Å²) in [5.74, 6) is 0. The zero-order chi connectivity index (χ0) is 13.1. The van der Waals surface area contributed by atoms with Crippen LogP contribution in [0.4, 0.5) is 0 Å². The standard InChI is InChI=1S/C16H24N2O/c17-8-5-14-1-3-15(4-2-14)11-18-12-16(13-18)6-9-19-10-7-16/h1-4H,5-13,17H2. The zero-order valence-corrected chi connectivity index (χ0v) is 11.6. The SMILES string of the molecule is NCCc1ccc(CN2CC3(CCOCC3)C2)cc1. The maximum Gasteiger partial charge on any atom is 0.0472 e. The van der Waals surface area contributed by atoms with E-state index in [-0.39, 0.29) is 0 Å². The molecule has 2 saturated heterocycles. The molecule has 0 aromatic heterocycles. The third kappa shape index (κ3) is 2.99. The molecule has 0 radical (unpaired) electrons. The van der Waals surface area contributed by atoms with E-state index in [0.29, 0.717) is 5.41 Å². The van der Waals surface area contributed by atoms with Gasteiger partial charge < -0.3 is 10.5 Å². The largest absolute Gasteiger partial charge is 0.381 e. The minimum Gasteiger partial charge on any atom is -0.381 e. The zero-order valence-electron chi connectivity index (χ0n) is 11.6. The van der Waals surface area contributed by atoms with Crippen molar-refractivity contribution in [2.45, 2.75) is 25.8 Å². The van der Waals surface area contributed by atoms with E-state index in [9.17, 15) is 0 Å². The highest BCUT2D eigenvalue weighted by Gasteiger charge is 2.43. The van der Waals surface area contributed by atoms with Gasteiger partial charge in [0.2, 0.25) is 0 Å². The van der Waals surface area contributed by atoms with Gasteiger partial charge >= 0.3 is 0 Å². The van der Waals surface area contributed by atoms with Crippen LogP contribution in [-0.4, -0.2) is 37.7 Å². The van der Waals surface area contributed by atoms with Crippen molar-refractivity contribution in [2.75, 3.05) is 32.8 Å². The van der Waals surface area contributed by atoms with Crippen LogP contribution in [0.2, 0.25) is 0 Å². The highest BCUT2D eigenvalue weighted by Crippen LogP contribution is 2.40. The Bertz CT molecular complexity index is 401. The lowest BCUT2D eigenvalue weighted by atomic mass is 9.73. The second-order valence-electron chi connectivity index (χ2n) is 6.11. The van der Waals surface area contributed by atoms with Crippen molar-refractivity contribution in [1.29, 1.82) is 0 Å². The van der Waals surface area contributed by atoms with Crippen LogP contribution in [0.5, 0.6) is 0 Å². The van der Waals surface area contributed by atoms with Gasteiger partial charge in [-0.15, -0.1) is 0 Å². The second kappa shape index (κ2) is 5.61. The summed E-state index contributed by atoms with van der Waals surface area (Å²) in [6.07, 6.45) is 3.48. The Morgan fingerprint density at radius 2 is 1.68 bits per heavy atom. The van der Waals surface area contributed by atoms with Crippen LogP contribution in [0.1, 0.15) is 24.0 Å². The summed E-state index contributed by atoms with van der Waals surface area (Å²) in [6.45, 7) is 6.24. The molecule has 0 atom stereocenters. The molecule has 0 aliphatic carbocycles. The Hall–Kier alpha value is -0.900. The molecule has 2 N–H and O–H groups in total. The molecule has 0 bridgehead atoms. The fourth-order valence-electron chi connectivity index (χ4n) is 3.37. The summed E-state index contributed by atoms with van der Waals surface area (Å²) in [6, 6.07) is 8.93. The summed E-state index contributed by atoms with van der Waals surface area (Å²) in [7, 11) is 0. The number of hydrogen-bond donors (Lipinski definition) is 1. The third-order valence-electron chi connectivity index (χ3n) is 4.53. The highest BCUT2D eigenvalue weighted by atomic mass is 16.5. The molecule has 2 fully saturated rings. The van der Waals surface area contributed by atoms with Crippen molar-refractivity contribution in [2.24, 2.45) is 11.1 Å². The van der Waals surface area contributed by atoms with Crippen LogP contribution < -0.4 is 5.73 Å². The van der Waals surface area contributed by atoms with E-state index < -0.39 is 0 Å². The lowest BCUT2D eigenvalue weighted by Gasteiger charge is -2.52. The van der Waals surface area contributed by atoms with Crippen molar-refractivity contribution >= 4 is 0 Å². The summed E-state index contributed by atoms with van der Waals surface area (Å²) in [4.78, 5) is 2.56. The van der Waals surface area contributed by atoms with Crippen molar-refractivity contribution < 1.29 is 4.74 Å². The molecule has 2 aliphatic rings. The minimum atomic E-state index is 0.581.